The van der Waals surface area contributed by atoms with Gasteiger partial charge in [0, 0.05) is 28.1 Å². The quantitative estimate of drug-likeness (QED) is 0.505. The summed E-state index contributed by atoms with van der Waals surface area (Å²) in [5.74, 6) is 0.562. The largest absolute Gasteiger partial charge is 0.469 e. The monoisotopic (exact) mass is 452 g/mol. The highest BCUT2D eigenvalue weighted by molar-refractivity contribution is 5.97. The van der Waals surface area contributed by atoms with Crippen LogP contribution in [0.4, 0.5) is 0 Å². The minimum Gasteiger partial charge on any atom is -0.469 e. The number of methoxy groups -OCH3 is 1. The van der Waals surface area contributed by atoms with Crippen molar-refractivity contribution in [1.82, 2.24) is 0 Å². The van der Waals surface area contributed by atoms with E-state index in [1.165, 1.54) is 18.3 Å². The van der Waals surface area contributed by atoms with Gasteiger partial charge in [0.15, 0.2) is 5.78 Å². The van der Waals surface area contributed by atoms with Crippen molar-refractivity contribution >= 4 is 11.8 Å². The molecular formula is C27H32O6. The van der Waals surface area contributed by atoms with Crippen molar-refractivity contribution in [2.24, 2.45) is 28.1 Å². The molecule has 3 fully saturated rings. The predicted molar refractivity (Wildman–Crippen MR) is 119 cm³/mol. The van der Waals surface area contributed by atoms with Crippen LogP contribution in [0.3, 0.4) is 0 Å². The van der Waals surface area contributed by atoms with E-state index in [2.05, 4.69) is 27.7 Å². The van der Waals surface area contributed by atoms with Crippen LogP contribution in [0.5, 0.6) is 0 Å². The maximum absolute atomic E-state index is 13.7. The molecule has 33 heavy (non-hydrogen) atoms. The molecule has 0 aromatic carbocycles. The average molecular weight is 453 g/mol. The van der Waals surface area contributed by atoms with Crippen LogP contribution in [0.2, 0.25) is 0 Å². The van der Waals surface area contributed by atoms with E-state index < -0.39 is 10.8 Å². The second kappa shape index (κ2) is 6.70. The van der Waals surface area contributed by atoms with Crippen molar-refractivity contribution in [3.8, 4) is 0 Å². The van der Waals surface area contributed by atoms with E-state index in [1.807, 2.05) is 18.2 Å². The van der Waals surface area contributed by atoms with Crippen LogP contribution in [-0.2, 0) is 23.8 Å². The first-order chi connectivity index (χ1) is 15.7. The number of ether oxygens (including phenoxy) is 3. The van der Waals surface area contributed by atoms with Crippen molar-refractivity contribution < 1.29 is 28.2 Å². The van der Waals surface area contributed by atoms with E-state index >= 15 is 0 Å². The van der Waals surface area contributed by atoms with Crippen LogP contribution in [0.25, 0.3) is 0 Å². The van der Waals surface area contributed by atoms with Crippen LogP contribution in [-0.4, -0.2) is 43.8 Å². The number of hydrogen-bond donors (Lipinski definition) is 0. The second-order valence-corrected chi connectivity index (χ2v) is 11.3. The first-order valence-corrected chi connectivity index (χ1v) is 12.0. The lowest BCUT2D eigenvalue weighted by molar-refractivity contribution is -0.188. The Morgan fingerprint density at radius 3 is 2.73 bits per heavy atom. The number of furan rings is 1. The van der Waals surface area contributed by atoms with E-state index in [9.17, 15) is 9.59 Å². The molecule has 0 amide bonds. The van der Waals surface area contributed by atoms with Gasteiger partial charge < -0.3 is 18.6 Å². The number of hydrogen-bond acceptors (Lipinski definition) is 6. The molecule has 0 bridgehead atoms. The highest BCUT2D eigenvalue weighted by atomic mass is 16.6. The van der Waals surface area contributed by atoms with Gasteiger partial charge in [-0.25, -0.2) is 0 Å². The number of ketones is 1. The van der Waals surface area contributed by atoms with Gasteiger partial charge in [-0.05, 0) is 43.0 Å². The van der Waals surface area contributed by atoms with Crippen molar-refractivity contribution in [2.45, 2.75) is 64.8 Å². The van der Waals surface area contributed by atoms with Crippen LogP contribution in [0.1, 0.15) is 52.2 Å². The minimum absolute atomic E-state index is 0.0455. The van der Waals surface area contributed by atoms with Gasteiger partial charge in [0.25, 0.3) is 0 Å². The maximum Gasteiger partial charge on any atom is 0.305 e. The smallest absolute Gasteiger partial charge is 0.305 e. The number of allylic oxidation sites excluding steroid dienone is 2. The Labute approximate surface area is 194 Å². The lowest BCUT2D eigenvalue weighted by atomic mass is 9.42. The molecule has 1 aromatic rings. The second-order valence-electron chi connectivity index (χ2n) is 11.3. The molecule has 0 N–H and O–H groups in total. The fourth-order valence-corrected chi connectivity index (χ4v) is 8.50. The fraction of sp³-hybridized carbons (Fsp3) is 0.630. The third kappa shape index (κ3) is 2.46. The predicted octanol–water partition coefficient (Wildman–Crippen LogP) is 4.22. The summed E-state index contributed by atoms with van der Waals surface area (Å²) in [6.45, 7) is 9.14. The van der Waals surface area contributed by atoms with Gasteiger partial charge in [0.05, 0.1) is 44.7 Å². The van der Waals surface area contributed by atoms with Gasteiger partial charge in [-0.1, -0.05) is 32.4 Å². The Hall–Kier alpha value is -2.18. The lowest BCUT2D eigenvalue weighted by Gasteiger charge is -2.60. The molecule has 6 rings (SSSR count). The van der Waals surface area contributed by atoms with Crippen molar-refractivity contribution in [2.75, 3.05) is 13.7 Å². The third-order valence-corrected chi connectivity index (χ3v) is 9.85. The van der Waals surface area contributed by atoms with Gasteiger partial charge in [-0.15, -0.1) is 0 Å². The highest BCUT2D eigenvalue weighted by Crippen LogP contribution is 2.71. The topological polar surface area (TPSA) is 75.0 Å². The Morgan fingerprint density at radius 2 is 2.03 bits per heavy atom. The molecule has 0 spiro atoms. The molecular weight excluding hydrogens is 420 g/mol. The van der Waals surface area contributed by atoms with Crippen LogP contribution in [0.15, 0.2) is 46.1 Å². The molecule has 0 radical (unpaired) electrons. The van der Waals surface area contributed by atoms with E-state index in [1.54, 1.807) is 12.3 Å². The van der Waals surface area contributed by atoms with Gasteiger partial charge in [0.1, 0.15) is 5.76 Å². The van der Waals surface area contributed by atoms with Crippen LogP contribution >= 0.6 is 0 Å². The third-order valence-electron chi connectivity index (χ3n) is 9.85. The van der Waals surface area contributed by atoms with Gasteiger partial charge in [-0.3, -0.25) is 9.59 Å². The molecule has 1 aromatic heterocycles. The minimum atomic E-state index is -0.752. The molecule has 3 aliphatic carbocycles. The summed E-state index contributed by atoms with van der Waals surface area (Å²) in [6.07, 6.45) is 5.97. The Bertz CT molecular complexity index is 1080. The number of fused-ring (bicyclic) bond motifs is 4. The van der Waals surface area contributed by atoms with E-state index in [-0.39, 0.29) is 59.7 Å². The molecule has 6 heteroatoms. The molecule has 6 nitrogen and oxygen atoms in total. The first kappa shape index (κ1) is 21.4. The SMILES string of the molecule is COC(=O)C[C@H]1[C@]2(C)C3=C(C)[C@H](c4ccco4)C[C@H]3O[C@@H]2[C@@H]2OC[C@]3(C)C=CC(=O)[C@@]1(C)[C@@H]23. The summed E-state index contributed by atoms with van der Waals surface area (Å²) in [6, 6.07) is 3.93. The van der Waals surface area contributed by atoms with Crippen molar-refractivity contribution in [3.63, 3.8) is 0 Å². The zero-order valence-electron chi connectivity index (χ0n) is 19.9. The summed E-state index contributed by atoms with van der Waals surface area (Å²) in [5, 5.41) is 0. The fourth-order valence-electron chi connectivity index (χ4n) is 8.50. The summed E-state index contributed by atoms with van der Waals surface area (Å²) in [4.78, 5) is 26.4. The molecule has 9 atom stereocenters. The summed E-state index contributed by atoms with van der Waals surface area (Å²) in [7, 11) is 1.42. The van der Waals surface area contributed by atoms with Gasteiger partial charge >= 0.3 is 5.97 Å². The Balaban J connectivity index is 1.56. The van der Waals surface area contributed by atoms with E-state index in [0.29, 0.717) is 6.61 Å². The normalized spacial score (nSPS) is 47.5. The van der Waals surface area contributed by atoms with Gasteiger partial charge in [0.2, 0.25) is 0 Å². The maximum atomic E-state index is 13.7. The van der Waals surface area contributed by atoms with E-state index in [0.717, 1.165) is 12.2 Å². The van der Waals surface area contributed by atoms with Crippen LogP contribution in [0, 0.1) is 28.1 Å². The number of rotatable bonds is 3. The standard InChI is InChI=1S/C27H32O6/c1-14-15(16-7-6-10-31-16)11-17-21(14)27(4)18(12-20(29)30-5)26(3)19(28)8-9-25(2)13-32-22(23(25)26)24(27)33-17/h6-10,15,17-18,22-24H,11-13H2,1-5H3/t15-,17-,18-,22-,23+,24-,25+,26+,27-/m1/s1. The van der Waals surface area contributed by atoms with Crippen molar-refractivity contribution in [3.05, 3.63) is 47.5 Å². The summed E-state index contributed by atoms with van der Waals surface area (Å²) >= 11 is 0. The molecule has 2 saturated heterocycles. The zero-order valence-corrected chi connectivity index (χ0v) is 19.9. The Morgan fingerprint density at radius 1 is 1.24 bits per heavy atom. The lowest BCUT2D eigenvalue weighted by Crippen LogP contribution is -2.66. The highest BCUT2D eigenvalue weighted by Gasteiger charge is 2.75. The number of carbonyl (C=O) groups excluding carboxylic acids is 2. The van der Waals surface area contributed by atoms with Crippen LogP contribution < -0.4 is 0 Å². The molecule has 3 heterocycles. The van der Waals surface area contributed by atoms with Gasteiger partial charge in [-0.2, -0.15) is 0 Å². The summed E-state index contributed by atoms with van der Waals surface area (Å²) < 4.78 is 24.2. The summed E-state index contributed by atoms with van der Waals surface area (Å²) in [5.41, 5.74) is 0.924. The average Bonchev–Trinajstić information content (AvgIpc) is 3.54. The number of carbonyl (C=O) groups is 2. The molecule has 2 aliphatic heterocycles. The molecule has 176 valence electrons. The number of esters is 1. The molecule has 5 aliphatic rings. The molecule has 1 saturated carbocycles. The molecule has 0 unspecified atom stereocenters. The zero-order chi connectivity index (χ0) is 23.3. The van der Waals surface area contributed by atoms with E-state index in [4.69, 9.17) is 18.6 Å². The first-order valence-electron chi connectivity index (χ1n) is 12.0. The van der Waals surface area contributed by atoms with Crippen molar-refractivity contribution in [1.29, 1.82) is 0 Å². The Kier molecular flexibility index (Phi) is 4.33.